The number of hydrogen-bond donors (Lipinski definition) is 2. The first-order valence-corrected chi connectivity index (χ1v) is 8.41. The Labute approximate surface area is 124 Å². The molecule has 1 aliphatic carbocycles. The standard InChI is InChI=1S/C14H19NO5S/c1-20-13(17)7-4-8-21(18,19)15-14-11-6-3-2-5-10(11)9-12(14)16/h2-3,5-6,12,14-16H,4,7-9H2,1H3/t12-,14+/m0/s1. The Balaban J connectivity index is 1.99. The number of methoxy groups -OCH3 is 1. The van der Waals surface area contributed by atoms with Gasteiger partial charge < -0.3 is 9.84 Å². The van der Waals surface area contributed by atoms with Gasteiger partial charge in [-0.25, -0.2) is 13.1 Å². The summed E-state index contributed by atoms with van der Waals surface area (Å²) in [6.45, 7) is 0. The van der Waals surface area contributed by atoms with Crippen LogP contribution in [-0.2, 0) is 26.0 Å². The largest absolute Gasteiger partial charge is 0.469 e. The van der Waals surface area contributed by atoms with Gasteiger partial charge in [-0.3, -0.25) is 4.79 Å². The van der Waals surface area contributed by atoms with Gasteiger partial charge >= 0.3 is 5.97 Å². The third kappa shape index (κ3) is 4.03. The molecule has 7 heteroatoms. The van der Waals surface area contributed by atoms with Crippen LogP contribution in [0, 0.1) is 0 Å². The molecular weight excluding hydrogens is 294 g/mol. The first kappa shape index (κ1) is 15.9. The van der Waals surface area contributed by atoms with Crippen molar-refractivity contribution in [1.82, 2.24) is 4.72 Å². The summed E-state index contributed by atoms with van der Waals surface area (Å²) in [6.07, 6.45) is -0.0862. The zero-order valence-electron chi connectivity index (χ0n) is 11.8. The summed E-state index contributed by atoms with van der Waals surface area (Å²) in [5, 5.41) is 10.0. The van der Waals surface area contributed by atoms with Gasteiger partial charge in [-0.05, 0) is 17.5 Å². The SMILES string of the molecule is COC(=O)CCCS(=O)(=O)N[C@@H]1c2ccccc2C[C@@H]1O. The van der Waals surface area contributed by atoms with E-state index in [1.165, 1.54) is 7.11 Å². The molecule has 0 bridgehead atoms. The first-order chi connectivity index (χ1) is 9.93. The molecule has 116 valence electrons. The summed E-state index contributed by atoms with van der Waals surface area (Å²) in [4.78, 5) is 11.0. The lowest BCUT2D eigenvalue weighted by atomic mass is 10.1. The van der Waals surface area contributed by atoms with Crippen LogP contribution in [0.25, 0.3) is 0 Å². The molecule has 0 unspecified atom stereocenters. The molecule has 0 radical (unpaired) electrons. The minimum absolute atomic E-state index is 0.0568. The fourth-order valence-electron chi connectivity index (χ4n) is 2.48. The number of aliphatic hydroxyl groups excluding tert-OH is 1. The summed E-state index contributed by atoms with van der Waals surface area (Å²) in [6, 6.07) is 6.75. The van der Waals surface area contributed by atoms with E-state index in [-0.39, 0.29) is 18.6 Å². The molecule has 1 aliphatic rings. The molecule has 2 N–H and O–H groups in total. The maximum Gasteiger partial charge on any atom is 0.305 e. The van der Waals surface area contributed by atoms with Crippen LogP contribution in [0.1, 0.15) is 30.0 Å². The number of hydrogen-bond acceptors (Lipinski definition) is 5. The minimum atomic E-state index is -3.56. The van der Waals surface area contributed by atoms with Crippen molar-refractivity contribution >= 4 is 16.0 Å². The van der Waals surface area contributed by atoms with Crippen LogP contribution in [0.15, 0.2) is 24.3 Å². The van der Waals surface area contributed by atoms with E-state index in [4.69, 9.17) is 0 Å². The molecule has 2 rings (SSSR count). The van der Waals surface area contributed by atoms with E-state index in [1.54, 1.807) is 0 Å². The highest BCUT2D eigenvalue weighted by Crippen LogP contribution is 2.31. The lowest BCUT2D eigenvalue weighted by molar-refractivity contribution is -0.140. The van der Waals surface area contributed by atoms with Gasteiger partial charge in [-0.1, -0.05) is 24.3 Å². The van der Waals surface area contributed by atoms with Crippen molar-refractivity contribution in [2.75, 3.05) is 12.9 Å². The van der Waals surface area contributed by atoms with Crippen molar-refractivity contribution < 1.29 is 23.1 Å². The van der Waals surface area contributed by atoms with Gasteiger partial charge in [0.05, 0.1) is 25.0 Å². The lowest BCUT2D eigenvalue weighted by Gasteiger charge is -2.17. The third-order valence-electron chi connectivity index (χ3n) is 3.53. The van der Waals surface area contributed by atoms with Gasteiger partial charge in [-0.15, -0.1) is 0 Å². The molecule has 21 heavy (non-hydrogen) atoms. The van der Waals surface area contributed by atoms with Crippen molar-refractivity contribution in [3.8, 4) is 0 Å². The second-order valence-electron chi connectivity index (χ2n) is 5.06. The summed E-state index contributed by atoms with van der Waals surface area (Å²) in [5.41, 5.74) is 1.76. The highest BCUT2D eigenvalue weighted by atomic mass is 32.2. The molecule has 0 saturated carbocycles. The molecular formula is C14H19NO5S. The van der Waals surface area contributed by atoms with E-state index in [0.29, 0.717) is 6.42 Å². The summed E-state index contributed by atoms with van der Waals surface area (Å²) >= 11 is 0. The average Bonchev–Trinajstić information content (AvgIpc) is 2.74. The maximum atomic E-state index is 12.0. The number of carbonyl (C=O) groups excluding carboxylic acids is 1. The molecule has 6 nitrogen and oxygen atoms in total. The first-order valence-electron chi connectivity index (χ1n) is 6.75. The number of esters is 1. The quantitative estimate of drug-likeness (QED) is 0.747. The van der Waals surface area contributed by atoms with Crippen LogP contribution in [0.2, 0.25) is 0 Å². The number of nitrogens with one attached hydrogen (secondary N) is 1. The number of aliphatic hydroxyl groups is 1. The normalized spacial score (nSPS) is 21.0. The molecule has 1 aromatic rings. The Kier molecular flexibility index (Phi) is 4.97. The molecule has 0 amide bonds. The molecule has 2 atom stereocenters. The molecule has 0 aromatic heterocycles. The van der Waals surface area contributed by atoms with Crippen LogP contribution in [0.5, 0.6) is 0 Å². The van der Waals surface area contributed by atoms with E-state index < -0.39 is 28.1 Å². The number of rotatable bonds is 6. The second kappa shape index (κ2) is 6.55. The van der Waals surface area contributed by atoms with Crippen molar-refractivity contribution in [3.05, 3.63) is 35.4 Å². The predicted molar refractivity (Wildman–Crippen MR) is 77.1 cm³/mol. The van der Waals surface area contributed by atoms with Crippen molar-refractivity contribution in [2.24, 2.45) is 0 Å². The fourth-order valence-corrected chi connectivity index (χ4v) is 3.79. The Morgan fingerprint density at radius 1 is 1.43 bits per heavy atom. The van der Waals surface area contributed by atoms with Gasteiger partial charge in [0.25, 0.3) is 0 Å². The van der Waals surface area contributed by atoms with Crippen molar-refractivity contribution in [1.29, 1.82) is 0 Å². The van der Waals surface area contributed by atoms with E-state index >= 15 is 0 Å². The van der Waals surface area contributed by atoms with Gasteiger partial charge in [0.2, 0.25) is 10.0 Å². The van der Waals surface area contributed by atoms with E-state index in [1.807, 2.05) is 24.3 Å². The van der Waals surface area contributed by atoms with Gasteiger partial charge in [0.15, 0.2) is 0 Å². The summed E-state index contributed by atoms with van der Waals surface area (Å²) in [7, 11) is -2.30. The molecule has 0 heterocycles. The van der Waals surface area contributed by atoms with Crippen molar-refractivity contribution in [3.63, 3.8) is 0 Å². The predicted octanol–water partition coefficient (Wildman–Crippen LogP) is 0.517. The number of ether oxygens (including phenoxy) is 1. The zero-order chi connectivity index (χ0) is 15.5. The summed E-state index contributed by atoms with van der Waals surface area (Å²) in [5.74, 6) is -0.607. The smallest absolute Gasteiger partial charge is 0.305 e. The maximum absolute atomic E-state index is 12.0. The monoisotopic (exact) mass is 313 g/mol. The molecule has 0 fully saturated rings. The average molecular weight is 313 g/mol. The van der Waals surface area contributed by atoms with Crippen LogP contribution in [0.3, 0.4) is 0 Å². The Morgan fingerprint density at radius 2 is 2.14 bits per heavy atom. The van der Waals surface area contributed by atoms with Crippen LogP contribution < -0.4 is 4.72 Å². The van der Waals surface area contributed by atoms with Gasteiger partial charge in [0.1, 0.15) is 0 Å². The zero-order valence-corrected chi connectivity index (χ0v) is 12.6. The Hall–Kier alpha value is -1.44. The van der Waals surface area contributed by atoms with E-state index in [0.717, 1.165) is 11.1 Å². The Morgan fingerprint density at radius 3 is 2.86 bits per heavy atom. The van der Waals surface area contributed by atoms with Gasteiger partial charge in [-0.2, -0.15) is 0 Å². The topological polar surface area (TPSA) is 92.7 Å². The number of benzene rings is 1. The van der Waals surface area contributed by atoms with E-state index in [9.17, 15) is 18.3 Å². The fraction of sp³-hybridized carbons (Fsp3) is 0.500. The minimum Gasteiger partial charge on any atom is -0.469 e. The lowest BCUT2D eigenvalue weighted by Crippen LogP contribution is -2.35. The Bertz CT molecular complexity index is 614. The number of carbonyl (C=O) groups is 1. The van der Waals surface area contributed by atoms with Crippen molar-refractivity contribution in [2.45, 2.75) is 31.4 Å². The number of sulfonamides is 1. The third-order valence-corrected chi connectivity index (χ3v) is 4.97. The van der Waals surface area contributed by atoms with Gasteiger partial charge in [0, 0.05) is 12.8 Å². The molecule has 0 spiro atoms. The molecule has 0 saturated heterocycles. The number of fused-ring (bicyclic) bond motifs is 1. The second-order valence-corrected chi connectivity index (χ2v) is 6.94. The van der Waals surface area contributed by atoms with Crippen LogP contribution >= 0.6 is 0 Å². The highest BCUT2D eigenvalue weighted by molar-refractivity contribution is 7.89. The molecule has 0 aliphatic heterocycles. The van der Waals surface area contributed by atoms with E-state index in [2.05, 4.69) is 9.46 Å². The van der Waals surface area contributed by atoms with Crippen LogP contribution in [-0.4, -0.2) is 38.5 Å². The van der Waals surface area contributed by atoms with Crippen LogP contribution in [0.4, 0.5) is 0 Å². The molecule has 1 aromatic carbocycles. The summed E-state index contributed by atoms with van der Waals surface area (Å²) < 4.78 is 31.1. The highest BCUT2D eigenvalue weighted by Gasteiger charge is 2.33.